The minimum Gasteiger partial charge on any atom is -0.292 e. The van der Waals surface area contributed by atoms with E-state index in [-0.39, 0.29) is 0 Å². The Balaban J connectivity index is 1.09. The zero-order valence-electron chi connectivity index (χ0n) is 28.1. The number of rotatable bonds is 4. The number of aromatic nitrogens is 2. The summed E-state index contributed by atoms with van der Waals surface area (Å²) in [7, 11) is 0. The second-order valence-electron chi connectivity index (χ2n) is 13.5. The molecule has 0 saturated heterocycles. The summed E-state index contributed by atoms with van der Waals surface area (Å²) < 4.78 is 4.94. The molecule has 2 nitrogen and oxygen atoms in total. The van der Waals surface area contributed by atoms with E-state index >= 15 is 0 Å². The zero-order chi connectivity index (χ0) is 34.2. The van der Waals surface area contributed by atoms with Gasteiger partial charge in [-0.25, -0.2) is 4.98 Å². The molecule has 11 aromatic rings. The number of benzene rings is 9. The molecular weight excluding hydrogens is 649 g/mol. The number of hydrogen-bond donors (Lipinski definition) is 0. The fraction of sp³-hybridized carbons (Fsp3) is 0. The van der Waals surface area contributed by atoms with Crippen LogP contribution in [-0.4, -0.2) is 9.55 Å². The van der Waals surface area contributed by atoms with Crippen molar-refractivity contribution in [3.05, 3.63) is 182 Å². The summed E-state index contributed by atoms with van der Waals surface area (Å²) in [4.78, 5) is 5.12. The quantitative estimate of drug-likeness (QED) is 0.169. The van der Waals surface area contributed by atoms with Crippen LogP contribution in [0.15, 0.2) is 182 Å². The molecule has 0 atom stereocenters. The van der Waals surface area contributed by atoms with Crippen LogP contribution in [0, 0.1) is 0 Å². The van der Waals surface area contributed by atoms with Crippen molar-refractivity contribution in [2.24, 2.45) is 0 Å². The molecule has 0 aliphatic heterocycles. The molecule has 0 N–H and O–H groups in total. The molecular formula is C49H30N2S. The minimum absolute atomic E-state index is 0.939. The van der Waals surface area contributed by atoms with Crippen molar-refractivity contribution in [1.82, 2.24) is 9.55 Å². The van der Waals surface area contributed by atoms with Gasteiger partial charge < -0.3 is 0 Å². The lowest BCUT2D eigenvalue weighted by molar-refractivity contribution is 1.10. The second-order valence-corrected chi connectivity index (χ2v) is 14.5. The second kappa shape index (κ2) is 11.5. The molecule has 52 heavy (non-hydrogen) atoms. The summed E-state index contributed by atoms with van der Waals surface area (Å²) in [5.41, 5.74) is 9.25. The SMILES string of the molecule is c1ccc(-n2c(-c3ccc(-c4c5ccccc5c(-c5ccc6c(c5)sc5c7ccccc7ccc65)c5ccccc45)cc3)nc3ccccc32)cc1. The Morgan fingerprint density at radius 2 is 0.962 bits per heavy atom. The van der Waals surface area contributed by atoms with Gasteiger partial charge >= 0.3 is 0 Å². The van der Waals surface area contributed by atoms with Gasteiger partial charge in [-0.2, -0.15) is 0 Å². The first-order valence-electron chi connectivity index (χ1n) is 17.7. The van der Waals surface area contributed by atoms with E-state index in [0.29, 0.717) is 0 Å². The topological polar surface area (TPSA) is 17.8 Å². The number of para-hydroxylation sites is 3. The molecule has 0 bridgehead atoms. The van der Waals surface area contributed by atoms with Crippen molar-refractivity contribution in [3.63, 3.8) is 0 Å². The number of thiophene rings is 1. The largest absolute Gasteiger partial charge is 0.292 e. The van der Waals surface area contributed by atoms with Crippen molar-refractivity contribution >= 4 is 74.9 Å². The van der Waals surface area contributed by atoms with Gasteiger partial charge in [0.05, 0.1) is 11.0 Å². The molecule has 9 aromatic carbocycles. The van der Waals surface area contributed by atoms with E-state index < -0.39 is 0 Å². The monoisotopic (exact) mass is 678 g/mol. The molecule has 242 valence electrons. The van der Waals surface area contributed by atoms with Gasteiger partial charge in [-0.3, -0.25) is 4.57 Å². The number of nitrogens with zero attached hydrogens (tertiary/aromatic N) is 2. The van der Waals surface area contributed by atoms with E-state index in [0.717, 1.165) is 28.1 Å². The van der Waals surface area contributed by atoms with Crippen LogP contribution in [0.3, 0.4) is 0 Å². The zero-order valence-corrected chi connectivity index (χ0v) is 28.9. The van der Waals surface area contributed by atoms with Gasteiger partial charge in [0.1, 0.15) is 5.82 Å². The third kappa shape index (κ3) is 4.40. The van der Waals surface area contributed by atoms with Gasteiger partial charge in [0, 0.05) is 31.4 Å². The maximum atomic E-state index is 5.12. The predicted octanol–water partition coefficient (Wildman–Crippen LogP) is 13.9. The van der Waals surface area contributed by atoms with Gasteiger partial charge in [0.25, 0.3) is 0 Å². The van der Waals surface area contributed by atoms with Crippen molar-refractivity contribution in [3.8, 4) is 39.3 Å². The van der Waals surface area contributed by atoms with Gasteiger partial charge in [-0.15, -0.1) is 11.3 Å². The van der Waals surface area contributed by atoms with Gasteiger partial charge in [0.15, 0.2) is 0 Å². The van der Waals surface area contributed by atoms with Crippen molar-refractivity contribution < 1.29 is 0 Å². The summed E-state index contributed by atoms with van der Waals surface area (Å²) in [5, 5.41) is 10.3. The molecule has 2 heterocycles. The van der Waals surface area contributed by atoms with Gasteiger partial charge in [0.2, 0.25) is 0 Å². The Labute approximate surface area is 304 Å². The van der Waals surface area contributed by atoms with Crippen LogP contribution in [0.4, 0.5) is 0 Å². The maximum Gasteiger partial charge on any atom is 0.145 e. The summed E-state index contributed by atoms with van der Waals surface area (Å²) >= 11 is 1.90. The van der Waals surface area contributed by atoms with Crippen molar-refractivity contribution in [1.29, 1.82) is 0 Å². The summed E-state index contributed by atoms with van der Waals surface area (Å²) in [5.74, 6) is 0.939. The molecule has 0 saturated carbocycles. The molecule has 2 aromatic heterocycles. The van der Waals surface area contributed by atoms with E-state index in [2.05, 4.69) is 187 Å². The first-order valence-corrected chi connectivity index (χ1v) is 18.5. The fourth-order valence-corrected chi connectivity index (χ4v) is 9.53. The lowest BCUT2D eigenvalue weighted by atomic mass is 9.85. The Bertz CT molecular complexity index is 3110. The number of imidazole rings is 1. The highest BCUT2D eigenvalue weighted by Gasteiger charge is 2.19. The van der Waals surface area contributed by atoms with Crippen LogP contribution in [0.2, 0.25) is 0 Å². The third-order valence-electron chi connectivity index (χ3n) is 10.6. The van der Waals surface area contributed by atoms with Crippen LogP contribution < -0.4 is 0 Å². The van der Waals surface area contributed by atoms with E-state index in [9.17, 15) is 0 Å². The Morgan fingerprint density at radius 3 is 1.69 bits per heavy atom. The van der Waals surface area contributed by atoms with Crippen LogP contribution in [0.5, 0.6) is 0 Å². The Morgan fingerprint density at radius 1 is 0.404 bits per heavy atom. The standard InChI is InChI=1S/C49H30N2S/c1-2-13-35(14-3-1)51-44-21-11-10-20-43(44)50-49(51)33-24-22-32(23-25-33)46-38-16-6-8-18-40(38)47(41-19-9-7-17-39(41)46)34-27-28-37-42-29-26-31-12-4-5-15-36(31)48(42)52-45(37)30-34/h1-30H. The molecule has 0 radical (unpaired) electrons. The van der Waals surface area contributed by atoms with Crippen LogP contribution in [0.25, 0.3) is 103 Å². The summed E-state index contributed by atoms with van der Waals surface area (Å²) in [6.45, 7) is 0. The molecule has 0 unspecified atom stereocenters. The van der Waals surface area contributed by atoms with E-state index in [1.54, 1.807) is 0 Å². The average molecular weight is 679 g/mol. The third-order valence-corrected chi connectivity index (χ3v) is 11.8. The van der Waals surface area contributed by atoms with E-state index in [4.69, 9.17) is 4.98 Å². The Kier molecular flexibility index (Phi) is 6.46. The fourth-order valence-electron chi connectivity index (χ4n) is 8.25. The first-order chi connectivity index (χ1) is 25.8. The molecule has 0 spiro atoms. The lowest BCUT2D eigenvalue weighted by Crippen LogP contribution is -1.97. The lowest BCUT2D eigenvalue weighted by Gasteiger charge is -2.18. The number of fused-ring (bicyclic) bond motifs is 8. The highest BCUT2D eigenvalue weighted by molar-refractivity contribution is 7.26. The van der Waals surface area contributed by atoms with E-state index in [1.807, 2.05) is 11.3 Å². The minimum atomic E-state index is 0.939. The van der Waals surface area contributed by atoms with Gasteiger partial charge in [-0.1, -0.05) is 152 Å². The summed E-state index contributed by atoms with van der Waals surface area (Å²) in [6.07, 6.45) is 0. The van der Waals surface area contributed by atoms with Crippen molar-refractivity contribution in [2.45, 2.75) is 0 Å². The highest BCUT2D eigenvalue weighted by Crippen LogP contribution is 2.46. The molecule has 11 rings (SSSR count). The van der Waals surface area contributed by atoms with Gasteiger partial charge in [-0.05, 0) is 84.9 Å². The molecule has 0 fully saturated rings. The van der Waals surface area contributed by atoms with Crippen molar-refractivity contribution in [2.75, 3.05) is 0 Å². The summed E-state index contributed by atoms with van der Waals surface area (Å²) in [6, 6.07) is 66.1. The molecule has 3 heteroatoms. The average Bonchev–Trinajstić information content (AvgIpc) is 3.79. The molecule has 0 amide bonds. The predicted molar refractivity (Wildman–Crippen MR) is 223 cm³/mol. The molecule has 0 aliphatic carbocycles. The van der Waals surface area contributed by atoms with Crippen LogP contribution in [0.1, 0.15) is 0 Å². The van der Waals surface area contributed by atoms with Crippen LogP contribution >= 0.6 is 11.3 Å². The first kappa shape index (κ1) is 29.2. The maximum absolute atomic E-state index is 5.12. The normalized spacial score (nSPS) is 11.8. The van der Waals surface area contributed by atoms with E-state index in [1.165, 1.54) is 74.7 Å². The highest BCUT2D eigenvalue weighted by atomic mass is 32.1. The molecule has 0 aliphatic rings. The number of hydrogen-bond acceptors (Lipinski definition) is 2. The van der Waals surface area contributed by atoms with Crippen LogP contribution in [-0.2, 0) is 0 Å². The smallest absolute Gasteiger partial charge is 0.145 e. The Hall–Kier alpha value is -6.55.